The van der Waals surface area contributed by atoms with Gasteiger partial charge in [-0.2, -0.15) is 8.42 Å². The van der Waals surface area contributed by atoms with Crippen molar-refractivity contribution in [2.24, 2.45) is 0 Å². The fraction of sp³-hybridized carbons (Fsp3) is 0.444. The van der Waals surface area contributed by atoms with Crippen LogP contribution in [0.5, 0.6) is 0 Å². The van der Waals surface area contributed by atoms with Gasteiger partial charge < -0.3 is 5.32 Å². The van der Waals surface area contributed by atoms with E-state index in [0.717, 1.165) is 12.0 Å². The summed E-state index contributed by atoms with van der Waals surface area (Å²) in [5.41, 5.74) is 1.01. The summed E-state index contributed by atoms with van der Waals surface area (Å²) in [6, 6.07) is -0.214. The summed E-state index contributed by atoms with van der Waals surface area (Å²) in [4.78, 5) is 11.1. The molecule has 1 rings (SSSR count). The lowest BCUT2D eigenvalue weighted by atomic mass is 10.1. The van der Waals surface area contributed by atoms with Gasteiger partial charge in [0.15, 0.2) is 5.75 Å². The third-order valence-electron chi connectivity index (χ3n) is 2.05. The van der Waals surface area contributed by atoms with Crippen LogP contribution in [-0.2, 0) is 14.9 Å². The largest absolute Gasteiger partial charge is 0.349 e. The highest BCUT2D eigenvalue weighted by Crippen LogP contribution is 2.14. The Morgan fingerprint density at radius 1 is 1.67 bits per heavy atom. The summed E-state index contributed by atoms with van der Waals surface area (Å²) < 4.78 is 29.3. The smallest absolute Gasteiger partial charge is 0.274 e. The van der Waals surface area contributed by atoms with E-state index in [9.17, 15) is 13.2 Å². The van der Waals surface area contributed by atoms with E-state index in [1.165, 1.54) is 0 Å². The number of carbonyl (C=O) groups is 1. The Kier molecular flexibility index (Phi) is 3.65. The molecule has 1 amide bonds. The number of nitrogens with one attached hydrogen (secondary N) is 1. The molecule has 6 heteroatoms. The Hall–Kier alpha value is -1.14. The van der Waals surface area contributed by atoms with E-state index in [1.54, 1.807) is 6.92 Å². The molecular weight excluding hydrogens is 218 g/mol. The summed E-state index contributed by atoms with van der Waals surface area (Å²) in [5.74, 6) is -1.59. The molecule has 0 radical (unpaired) electrons. The molecule has 0 aromatic heterocycles. The Morgan fingerprint density at radius 3 is 2.80 bits per heavy atom. The Bertz CT molecular complexity index is 408. The first kappa shape index (κ1) is 11.9. The Morgan fingerprint density at radius 2 is 2.33 bits per heavy atom. The topological polar surface area (TPSA) is 83.5 Å². The van der Waals surface area contributed by atoms with Crippen LogP contribution in [0.3, 0.4) is 0 Å². The van der Waals surface area contributed by atoms with E-state index < -0.39 is 21.8 Å². The normalized spacial score (nSPS) is 17.3. The van der Waals surface area contributed by atoms with Crippen molar-refractivity contribution in [2.45, 2.75) is 19.4 Å². The van der Waals surface area contributed by atoms with Crippen LogP contribution in [0.4, 0.5) is 0 Å². The molecule has 0 saturated carbocycles. The van der Waals surface area contributed by atoms with Crippen molar-refractivity contribution in [1.82, 2.24) is 5.32 Å². The summed E-state index contributed by atoms with van der Waals surface area (Å²) >= 11 is 0. The van der Waals surface area contributed by atoms with Crippen LogP contribution in [0.2, 0.25) is 0 Å². The molecule has 15 heavy (non-hydrogen) atoms. The third-order valence-corrected chi connectivity index (χ3v) is 2.67. The Labute approximate surface area is 88.6 Å². The molecule has 0 spiro atoms. The minimum absolute atomic E-state index is 0.214. The van der Waals surface area contributed by atoms with E-state index in [4.69, 9.17) is 4.55 Å². The van der Waals surface area contributed by atoms with E-state index >= 15 is 0 Å². The van der Waals surface area contributed by atoms with Crippen molar-refractivity contribution < 1.29 is 17.8 Å². The van der Waals surface area contributed by atoms with Crippen molar-refractivity contribution in [3.05, 3.63) is 23.8 Å². The maximum atomic E-state index is 11.1. The first-order valence-electron chi connectivity index (χ1n) is 4.48. The molecule has 2 N–H and O–H groups in total. The van der Waals surface area contributed by atoms with Gasteiger partial charge in [-0.25, -0.2) is 0 Å². The number of carbonyl (C=O) groups excluding carboxylic acids is 1. The SMILES string of the molecule is CC(NC(=O)CS(=O)(=O)O)C1=CC=CC1. The molecule has 5 nitrogen and oxygen atoms in total. The first-order chi connectivity index (χ1) is 6.88. The number of hydrogen-bond acceptors (Lipinski definition) is 3. The molecule has 0 aliphatic heterocycles. The fourth-order valence-corrected chi connectivity index (χ4v) is 1.74. The molecule has 1 atom stereocenters. The van der Waals surface area contributed by atoms with Crippen molar-refractivity contribution in [3.8, 4) is 0 Å². The second-order valence-corrected chi connectivity index (χ2v) is 4.84. The van der Waals surface area contributed by atoms with E-state index in [1.807, 2.05) is 18.2 Å². The fourth-order valence-electron chi connectivity index (χ4n) is 1.33. The standard InChI is InChI=1S/C9H13NO4S/c1-7(8-4-2-3-5-8)10-9(11)6-15(12,13)14/h2-4,7H,5-6H2,1H3,(H,10,11)(H,12,13,14). The summed E-state index contributed by atoms with van der Waals surface area (Å²) in [6.07, 6.45) is 6.45. The predicted molar refractivity (Wildman–Crippen MR) is 55.9 cm³/mol. The zero-order valence-corrected chi connectivity index (χ0v) is 9.12. The Balaban J connectivity index is 2.45. The van der Waals surface area contributed by atoms with Gasteiger partial charge in [-0.1, -0.05) is 18.2 Å². The highest BCUT2D eigenvalue weighted by molar-refractivity contribution is 7.86. The van der Waals surface area contributed by atoms with Crippen LogP contribution < -0.4 is 5.32 Å². The monoisotopic (exact) mass is 231 g/mol. The predicted octanol–water partition coefficient (Wildman–Crippen LogP) is 0.265. The molecule has 1 unspecified atom stereocenters. The third kappa shape index (κ3) is 4.26. The van der Waals surface area contributed by atoms with Crippen LogP contribution in [0.15, 0.2) is 23.8 Å². The van der Waals surface area contributed by atoms with Crippen molar-refractivity contribution in [2.75, 3.05) is 5.75 Å². The molecule has 1 aliphatic carbocycles. The molecule has 0 aromatic carbocycles. The quantitative estimate of drug-likeness (QED) is 0.680. The van der Waals surface area contributed by atoms with Gasteiger partial charge in [0.2, 0.25) is 5.91 Å². The zero-order chi connectivity index (χ0) is 11.5. The van der Waals surface area contributed by atoms with Crippen molar-refractivity contribution in [1.29, 1.82) is 0 Å². The first-order valence-corrected chi connectivity index (χ1v) is 6.09. The molecule has 0 bridgehead atoms. The van der Waals surface area contributed by atoms with E-state index in [-0.39, 0.29) is 6.04 Å². The number of allylic oxidation sites excluding steroid dienone is 3. The maximum absolute atomic E-state index is 11.1. The molecule has 1 aliphatic rings. The van der Waals surface area contributed by atoms with E-state index in [2.05, 4.69) is 5.32 Å². The van der Waals surface area contributed by atoms with Gasteiger partial charge in [0, 0.05) is 6.04 Å². The lowest BCUT2D eigenvalue weighted by Gasteiger charge is -2.14. The zero-order valence-electron chi connectivity index (χ0n) is 8.30. The van der Waals surface area contributed by atoms with Crippen molar-refractivity contribution >= 4 is 16.0 Å². The lowest BCUT2D eigenvalue weighted by Crippen LogP contribution is -2.37. The van der Waals surface area contributed by atoms with Gasteiger partial charge in [-0.05, 0) is 18.9 Å². The van der Waals surface area contributed by atoms with Crippen LogP contribution in [0.25, 0.3) is 0 Å². The summed E-state index contributed by atoms with van der Waals surface area (Å²) in [7, 11) is -4.24. The summed E-state index contributed by atoms with van der Waals surface area (Å²) in [5, 5.41) is 2.49. The number of rotatable bonds is 4. The molecular formula is C9H13NO4S. The van der Waals surface area contributed by atoms with Gasteiger partial charge in [-0.3, -0.25) is 9.35 Å². The van der Waals surface area contributed by atoms with Crippen LogP contribution in [0, 0.1) is 0 Å². The average Bonchev–Trinajstić information content (AvgIpc) is 2.50. The minimum Gasteiger partial charge on any atom is -0.349 e. The highest BCUT2D eigenvalue weighted by atomic mass is 32.2. The number of hydrogen-bond donors (Lipinski definition) is 2. The molecule has 0 aromatic rings. The van der Waals surface area contributed by atoms with Gasteiger partial charge in [0.1, 0.15) is 0 Å². The minimum atomic E-state index is -4.24. The summed E-state index contributed by atoms with van der Waals surface area (Å²) in [6.45, 7) is 1.76. The maximum Gasteiger partial charge on any atom is 0.274 e. The van der Waals surface area contributed by atoms with Gasteiger partial charge in [-0.15, -0.1) is 0 Å². The van der Waals surface area contributed by atoms with E-state index in [0.29, 0.717) is 0 Å². The van der Waals surface area contributed by atoms with Crippen LogP contribution in [0.1, 0.15) is 13.3 Å². The molecule has 0 fully saturated rings. The average molecular weight is 231 g/mol. The van der Waals surface area contributed by atoms with Crippen molar-refractivity contribution in [3.63, 3.8) is 0 Å². The van der Waals surface area contributed by atoms with Crippen LogP contribution >= 0.6 is 0 Å². The number of amides is 1. The highest BCUT2D eigenvalue weighted by Gasteiger charge is 2.17. The molecule has 0 heterocycles. The second kappa shape index (κ2) is 4.59. The van der Waals surface area contributed by atoms with Gasteiger partial charge in [0.25, 0.3) is 10.1 Å². The van der Waals surface area contributed by atoms with Crippen LogP contribution in [-0.4, -0.2) is 30.7 Å². The van der Waals surface area contributed by atoms with Gasteiger partial charge in [0.05, 0.1) is 0 Å². The van der Waals surface area contributed by atoms with Gasteiger partial charge >= 0.3 is 0 Å². The molecule has 0 saturated heterocycles. The second-order valence-electron chi connectivity index (χ2n) is 3.39. The molecule has 84 valence electrons. The lowest BCUT2D eigenvalue weighted by molar-refractivity contribution is -0.119.